The maximum atomic E-state index is 5.75. The number of nitrogens with zero attached hydrogens (tertiary/aromatic N) is 1. The van der Waals surface area contributed by atoms with Crippen LogP contribution in [-0.2, 0) is 13.0 Å². The summed E-state index contributed by atoms with van der Waals surface area (Å²) in [5, 5.41) is 0. The van der Waals surface area contributed by atoms with E-state index in [-0.39, 0.29) is 0 Å². The number of hydrogen-bond donors (Lipinski definition) is 1. The number of rotatable bonds is 5. The molecule has 1 aromatic heterocycles. The van der Waals surface area contributed by atoms with Gasteiger partial charge in [-0.15, -0.1) is 0 Å². The summed E-state index contributed by atoms with van der Waals surface area (Å²) in [6.07, 6.45) is 4.75. The predicted octanol–water partition coefficient (Wildman–Crippen LogP) is 2.40. The summed E-state index contributed by atoms with van der Waals surface area (Å²) < 4.78 is 5.75. The van der Waals surface area contributed by atoms with E-state index in [1.54, 1.807) is 0 Å². The first kappa shape index (κ1) is 12.7. The van der Waals surface area contributed by atoms with E-state index in [9.17, 15) is 0 Å². The van der Waals surface area contributed by atoms with Crippen LogP contribution in [0.2, 0.25) is 0 Å². The Labute approximate surface area is 104 Å². The van der Waals surface area contributed by atoms with E-state index in [1.165, 1.54) is 32.4 Å². The number of furan rings is 1. The van der Waals surface area contributed by atoms with Gasteiger partial charge in [-0.05, 0) is 56.9 Å². The maximum absolute atomic E-state index is 5.75. The van der Waals surface area contributed by atoms with Crippen LogP contribution in [0.3, 0.4) is 0 Å². The predicted molar refractivity (Wildman–Crippen MR) is 69.8 cm³/mol. The van der Waals surface area contributed by atoms with Gasteiger partial charge in [0.1, 0.15) is 11.5 Å². The van der Waals surface area contributed by atoms with Gasteiger partial charge in [0.15, 0.2) is 0 Å². The average molecular weight is 236 g/mol. The number of aryl methyl sites for hydroxylation is 1. The average Bonchev–Trinajstić information content (AvgIpc) is 2.80. The van der Waals surface area contributed by atoms with Gasteiger partial charge in [-0.1, -0.05) is 6.92 Å². The van der Waals surface area contributed by atoms with Crippen LogP contribution < -0.4 is 5.73 Å². The first-order chi connectivity index (χ1) is 8.31. The quantitative estimate of drug-likeness (QED) is 0.853. The van der Waals surface area contributed by atoms with E-state index in [2.05, 4.69) is 24.0 Å². The molecule has 2 heterocycles. The van der Waals surface area contributed by atoms with E-state index >= 15 is 0 Å². The van der Waals surface area contributed by atoms with Crippen molar-refractivity contribution in [3.05, 3.63) is 23.7 Å². The fourth-order valence-electron chi connectivity index (χ4n) is 2.59. The third kappa shape index (κ3) is 3.58. The SMILES string of the molecule is CCc1ccc(CN2CCC(CCN)CC2)o1. The van der Waals surface area contributed by atoms with E-state index in [0.29, 0.717) is 0 Å². The van der Waals surface area contributed by atoms with Gasteiger partial charge in [0.05, 0.1) is 6.54 Å². The summed E-state index contributed by atoms with van der Waals surface area (Å²) in [5.74, 6) is 3.05. The van der Waals surface area contributed by atoms with Gasteiger partial charge in [-0.3, -0.25) is 4.90 Å². The highest BCUT2D eigenvalue weighted by Crippen LogP contribution is 2.21. The molecule has 96 valence electrons. The Kier molecular flexibility index (Phi) is 4.63. The second-order valence-electron chi connectivity index (χ2n) is 5.02. The summed E-state index contributed by atoms with van der Waals surface area (Å²) in [5.41, 5.74) is 5.61. The van der Waals surface area contributed by atoms with Gasteiger partial charge >= 0.3 is 0 Å². The second kappa shape index (κ2) is 6.22. The van der Waals surface area contributed by atoms with Crippen molar-refractivity contribution in [1.29, 1.82) is 0 Å². The van der Waals surface area contributed by atoms with Crippen molar-refractivity contribution in [1.82, 2.24) is 4.90 Å². The minimum atomic E-state index is 0.836. The van der Waals surface area contributed by atoms with Crippen molar-refractivity contribution in [3.8, 4) is 0 Å². The van der Waals surface area contributed by atoms with Crippen LogP contribution in [0.4, 0.5) is 0 Å². The van der Waals surface area contributed by atoms with Crippen LogP contribution in [-0.4, -0.2) is 24.5 Å². The fraction of sp³-hybridized carbons (Fsp3) is 0.714. The number of likely N-dealkylation sites (tertiary alicyclic amines) is 1. The number of piperidine rings is 1. The van der Waals surface area contributed by atoms with E-state index in [1.807, 2.05) is 0 Å². The third-order valence-corrected chi connectivity index (χ3v) is 3.73. The molecule has 2 rings (SSSR count). The van der Waals surface area contributed by atoms with Gasteiger partial charge in [-0.25, -0.2) is 0 Å². The van der Waals surface area contributed by atoms with Gasteiger partial charge in [-0.2, -0.15) is 0 Å². The van der Waals surface area contributed by atoms with Crippen LogP contribution in [0.5, 0.6) is 0 Å². The molecular formula is C14H24N2O. The van der Waals surface area contributed by atoms with Crippen LogP contribution in [0.25, 0.3) is 0 Å². The molecule has 1 fully saturated rings. The van der Waals surface area contributed by atoms with E-state index in [4.69, 9.17) is 10.2 Å². The summed E-state index contributed by atoms with van der Waals surface area (Å²) in [7, 11) is 0. The Balaban J connectivity index is 1.77. The molecule has 1 aliphatic rings. The topological polar surface area (TPSA) is 42.4 Å². The van der Waals surface area contributed by atoms with Gasteiger partial charge in [0, 0.05) is 6.42 Å². The first-order valence-corrected chi connectivity index (χ1v) is 6.81. The van der Waals surface area contributed by atoms with Crippen molar-refractivity contribution in [2.75, 3.05) is 19.6 Å². The van der Waals surface area contributed by atoms with Crippen molar-refractivity contribution >= 4 is 0 Å². The normalized spacial score (nSPS) is 18.7. The lowest BCUT2D eigenvalue weighted by molar-refractivity contribution is 0.162. The summed E-state index contributed by atoms with van der Waals surface area (Å²) in [6.45, 7) is 6.30. The zero-order valence-corrected chi connectivity index (χ0v) is 10.8. The Morgan fingerprint density at radius 2 is 2.00 bits per heavy atom. The van der Waals surface area contributed by atoms with Crippen LogP contribution in [0.15, 0.2) is 16.5 Å². The zero-order valence-electron chi connectivity index (χ0n) is 10.8. The van der Waals surface area contributed by atoms with Crippen LogP contribution in [0.1, 0.15) is 37.7 Å². The van der Waals surface area contributed by atoms with Gasteiger partial charge in [0.25, 0.3) is 0 Å². The van der Waals surface area contributed by atoms with Crippen molar-refractivity contribution in [2.45, 2.75) is 39.2 Å². The lowest BCUT2D eigenvalue weighted by atomic mass is 9.93. The Morgan fingerprint density at radius 1 is 1.29 bits per heavy atom. The smallest absolute Gasteiger partial charge is 0.118 e. The molecule has 0 atom stereocenters. The Bertz CT molecular complexity index is 327. The lowest BCUT2D eigenvalue weighted by Gasteiger charge is -2.31. The van der Waals surface area contributed by atoms with Crippen molar-refractivity contribution in [2.24, 2.45) is 11.7 Å². The molecular weight excluding hydrogens is 212 g/mol. The molecule has 0 aromatic carbocycles. The van der Waals surface area contributed by atoms with Crippen molar-refractivity contribution < 1.29 is 4.42 Å². The fourth-order valence-corrected chi connectivity index (χ4v) is 2.59. The molecule has 1 saturated heterocycles. The van der Waals surface area contributed by atoms with Crippen LogP contribution in [0, 0.1) is 5.92 Å². The molecule has 0 spiro atoms. The molecule has 0 saturated carbocycles. The minimum absolute atomic E-state index is 0.836. The maximum Gasteiger partial charge on any atom is 0.118 e. The van der Waals surface area contributed by atoms with Gasteiger partial charge in [0.2, 0.25) is 0 Å². The summed E-state index contributed by atoms with van der Waals surface area (Å²) >= 11 is 0. The van der Waals surface area contributed by atoms with Crippen molar-refractivity contribution in [3.63, 3.8) is 0 Å². The molecule has 0 amide bonds. The van der Waals surface area contributed by atoms with E-state index in [0.717, 1.165) is 36.9 Å². The third-order valence-electron chi connectivity index (χ3n) is 3.73. The highest BCUT2D eigenvalue weighted by atomic mass is 16.3. The monoisotopic (exact) mass is 236 g/mol. The molecule has 17 heavy (non-hydrogen) atoms. The lowest BCUT2D eigenvalue weighted by Crippen LogP contribution is -2.33. The summed E-state index contributed by atoms with van der Waals surface area (Å²) in [6, 6.07) is 4.21. The number of hydrogen-bond acceptors (Lipinski definition) is 3. The standard InChI is InChI=1S/C14H24N2O/c1-2-13-3-4-14(17-13)11-16-9-6-12(5-8-15)7-10-16/h3-4,12H,2,5-11,15H2,1H3. The molecule has 2 N–H and O–H groups in total. The molecule has 0 unspecified atom stereocenters. The zero-order chi connectivity index (χ0) is 12.1. The molecule has 1 aliphatic heterocycles. The Morgan fingerprint density at radius 3 is 2.59 bits per heavy atom. The number of nitrogens with two attached hydrogens (primary N) is 1. The summed E-state index contributed by atoms with van der Waals surface area (Å²) in [4.78, 5) is 2.49. The largest absolute Gasteiger partial charge is 0.465 e. The molecule has 0 bridgehead atoms. The highest BCUT2D eigenvalue weighted by molar-refractivity contribution is 5.07. The highest BCUT2D eigenvalue weighted by Gasteiger charge is 2.19. The first-order valence-electron chi connectivity index (χ1n) is 6.81. The second-order valence-corrected chi connectivity index (χ2v) is 5.02. The Hall–Kier alpha value is -0.800. The molecule has 0 aliphatic carbocycles. The molecule has 0 radical (unpaired) electrons. The minimum Gasteiger partial charge on any atom is -0.465 e. The van der Waals surface area contributed by atoms with Gasteiger partial charge < -0.3 is 10.2 Å². The van der Waals surface area contributed by atoms with E-state index < -0.39 is 0 Å². The van der Waals surface area contributed by atoms with Crippen LogP contribution >= 0.6 is 0 Å². The molecule has 1 aromatic rings. The molecule has 3 heteroatoms. The molecule has 3 nitrogen and oxygen atoms in total.